The van der Waals surface area contributed by atoms with Gasteiger partial charge in [-0.15, -0.1) is 0 Å². The third-order valence-electron chi connectivity index (χ3n) is 6.60. The van der Waals surface area contributed by atoms with Gasteiger partial charge in [-0.2, -0.15) is 0 Å². The van der Waals surface area contributed by atoms with Gasteiger partial charge >= 0.3 is 11.9 Å². The smallest absolute Gasteiger partial charge is 0.338 e. The fraction of sp³-hybridized carbons (Fsp3) is 0.692. The number of benzene rings is 1. The maximum atomic E-state index is 12.6. The molecule has 166 valence electrons. The fourth-order valence-corrected chi connectivity index (χ4v) is 5.88. The molecule has 0 aliphatic heterocycles. The lowest BCUT2D eigenvalue weighted by Gasteiger charge is -2.38. The molecule has 0 bridgehead atoms. The quantitative estimate of drug-likeness (QED) is 0.533. The summed E-state index contributed by atoms with van der Waals surface area (Å²) in [6.07, 6.45) is 5.85. The van der Waals surface area contributed by atoms with E-state index in [1.165, 1.54) is 0 Å². The van der Waals surface area contributed by atoms with Gasteiger partial charge in [0.25, 0.3) is 0 Å². The average Bonchev–Trinajstić information content (AvgIpc) is 2.58. The molecule has 0 N–H and O–H groups in total. The van der Waals surface area contributed by atoms with E-state index in [9.17, 15) is 9.59 Å². The third kappa shape index (κ3) is 6.09. The van der Waals surface area contributed by atoms with Crippen molar-refractivity contribution in [3.05, 3.63) is 35.4 Å². The van der Waals surface area contributed by atoms with E-state index in [1.54, 1.807) is 24.3 Å². The number of carbonyl (C=O) groups excluding carboxylic acids is 2. The lowest BCUT2D eigenvalue weighted by Crippen LogP contribution is -2.34. The largest absolute Gasteiger partial charge is 0.459 e. The topological polar surface area (TPSA) is 52.6 Å². The van der Waals surface area contributed by atoms with Crippen molar-refractivity contribution in [3.63, 3.8) is 0 Å². The summed E-state index contributed by atoms with van der Waals surface area (Å²) >= 11 is 0. The van der Waals surface area contributed by atoms with Crippen molar-refractivity contribution in [1.29, 1.82) is 0 Å². The number of esters is 2. The van der Waals surface area contributed by atoms with E-state index in [-0.39, 0.29) is 35.0 Å². The highest BCUT2D eigenvalue weighted by molar-refractivity contribution is 5.93. The van der Waals surface area contributed by atoms with Crippen molar-refractivity contribution in [1.82, 2.24) is 0 Å². The summed E-state index contributed by atoms with van der Waals surface area (Å²) in [6, 6.07) is 6.68. The van der Waals surface area contributed by atoms with Crippen LogP contribution in [-0.2, 0) is 9.47 Å². The van der Waals surface area contributed by atoms with E-state index < -0.39 is 0 Å². The molecule has 2 fully saturated rings. The predicted octanol–water partition coefficient (Wildman–Crippen LogP) is 6.43. The van der Waals surface area contributed by atoms with Crippen molar-refractivity contribution < 1.29 is 19.1 Å². The zero-order valence-corrected chi connectivity index (χ0v) is 19.5. The van der Waals surface area contributed by atoms with Crippen LogP contribution in [0.4, 0.5) is 0 Å². The molecule has 0 aromatic heterocycles. The molecule has 4 nitrogen and oxygen atoms in total. The molecule has 1 aromatic rings. The molecule has 4 atom stereocenters. The standard InChI is InChI=1S/C26H38O4/c1-17-11-21(15-25(3,4)13-17)29-23(27)19-7-9-20(10-8-19)24(28)30-22-12-18(2)14-26(5,6)16-22/h7-10,17-18,21-22H,11-16H2,1-6H3/t17-,18-,21-,22-/m0/s1. The molecule has 0 unspecified atom stereocenters. The van der Waals surface area contributed by atoms with Crippen LogP contribution in [0.3, 0.4) is 0 Å². The van der Waals surface area contributed by atoms with Crippen LogP contribution in [0.1, 0.15) is 101 Å². The normalized spacial score (nSPS) is 30.3. The van der Waals surface area contributed by atoms with E-state index in [0.717, 1.165) is 38.5 Å². The first-order valence-corrected chi connectivity index (χ1v) is 11.4. The van der Waals surface area contributed by atoms with Crippen molar-refractivity contribution in [2.24, 2.45) is 22.7 Å². The number of hydrogen-bond donors (Lipinski definition) is 0. The third-order valence-corrected chi connectivity index (χ3v) is 6.60. The summed E-state index contributed by atoms with van der Waals surface area (Å²) in [5.41, 5.74) is 1.35. The summed E-state index contributed by atoms with van der Waals surface area (Å²) in [4.78, 5) is 25.2. The van der Waals surface area contributed by atoms with Crippen LogP contribution < -0.4 is 0 Å². The zero-order chi connectivity index (χ0) is 22.1. The molecule has 3 rings (SSSR count). The molecule has 0 radical (unpaired) electrons. The van der Waals surface area contributed by atoms with Crippen molar-refractivity contribution >= 4 is 11.9 Å². The van der Waals surface area contributed by atoms with Gasteiger partial charge in [0, 0.05) is 0 Å². The van der Waals surface area contributed by atoms with Crippen LogP contribution in [0, 0.1) is 22.7 Å². The van der Waals surface area contributed by atoms with Crippen LogP contribution >= 0.6 is 0 Å². The van der Waals surface area contributed by atoms with Gasteiger partial charge in [0.05, 0.1) is 11.1 Å². The Morgan fingerprint density at radius 3 is 1.33 bits per heavy atom. The molecule has 2 aliphatic carbocycles. The Balaban J connectivity index is 1.57. The summed E-state index contributed by atoms with van der Waals surface area (Å²) in [5, 5.41) is 0. The van der Waals surface area contributed by atoms with Gasteiger partial charge in [-0.1, -0.05) is 41.5 Å². The fourth-order valence-electron chi connectivity index (χ4n) is 5.88. The Hall–Kier alpha value is -1.84. The van der Waals surface area contributed by atoms with Crippen molar-refractivity contribution in [3.8, 4) is 0 Å². The minimum Gasteiger partial charge on any atom is -0.459 e. The van der Waals surface area contributed by atoms with Gasteiger partial charge in [-0.25, -0.2) is 9.59 Å². The summed E-state index contributed by atoms with van der Waals surface area (Å²) in [5.74, 6) is 0.479. The van der Waals surface area contributed by atoms with Crippen LogP contribution in [0.15, 0.2) is 24.3 Å². The van der Waals surface area contributed by atoms with Gasteiger partial charge in [-0.05, 0) is 85.5 Å². The van der Waals surface area contributed by atoms with Gasteiger partial charge in [-0.3, -0.25) is 0 Å². The van der Waals surface area contributed by atoms with E-state index in [1.807, 2.05) is 0 Å². The maximum absolute atomic E-state index is 12.6. The molecule has 0 amide bonds. The van der Waals surface area contributed by atoms with E-state index in [2.05, 4.69) is 41.5 Å². The second-order valence-electron chi connectivity index (χ2n) is 11.5. The number of carbonyl (C=O) groups is 2. The molecule has 0 spiro atoms. The van der Waals surface area contributed by atoms with Crippen LogP contribution in [0.5, 0.6) is 0 Å². The Kier molecular flexibility index (Phi) is 6.64. The molecule has 4 heteroatoms. The van der Waals surface area contributed by atoms with Gasteiger partial charge in [0.15, 0.2) is 0 Å². The molecule has 0 heterocycles. The second-order valence-corrected chi connectivity index (χ2v) is 11.5. The minimum atomic E-state index is -0.312. The molecule has 2 saturated carbocycles. The molecular weight excluding hydrogens is 376 g/mol. The minimum absolute atomic E-state index is 0.0439. The van der Waals surface area contributed by atoms with Gasteiger partial charge in [0.1, 0.15) is 12.2 Å². The van der Waals surface area contributed by atoms with Crippen LogP contribution in [0.2, 0.25) is 0 Å². The van der Waals surface area contributed by atoms with Crippen LogP contribution in [-0.4, -0.2) is 24.1 Å². The number of hydrogen-bond acceptors (Lipinski definition) is 4. The Morgan fingerprint density at radius 2 is 1.03 bits per heavy atom. The number of ether oxygens (including phenoxy) is 2. The van der Waals surface area contributed by atoms with Crippen molar-refractivity contribution in [2.75, 3.05) is 0 Å². The summed E-state index contributed by atoms with van der Waals surface area (Å²) in [6.45, 7) is 13.4. The first-order chi connectivity index (χ1) is 13.9. The summed E-state index contributed by atoms with van der Waals surface area (Å²) in [7, 11) is 0. The monoisotopic (exact) mass is 414 g/mol. The first kappa shape index (κ1) is 22.8. The van der Waals surface area contributed by atoms with E-state index in [4.69, 9.17) is 9.47 Å². The number of rotatable bonds is 4. The van der Waals surface area contributed by atoms with Crippen LogP contribution in [0.25, 0.3) is 0 Å². The molecule has 2 aliphatic rings. The highest BCUT2D eigenvalue weighted by Gasteiger charge is 2.35. The maximum Gasteiger partial charge on any atom is 0.338 e. The highest BCUT2D eigenvalue weighted by atomic mass is 16.5. The lowest BCUT2D eigenvalue weighted by molar-refractivity contribution is -0.00862. The summed E-state index contributed by atoms with van der Waals surface area (Å²) < 4.78 is 11.6. The second kappa shape index (κ2) is 8.72. The molecular formula is C26H38O4. The Labute approximate surface area is 181 Å². The predicted molar refractivity (Wildman–Crippen MR) is 118 cm³/mol. The lowest BCUT2D eigenvalue weighted by atomic mass is 9.71. The highest BCUT2D eigenvalue weighted by Crippen LogP contribution is 2.41. The van der Waals surface area contributed by atoms with Gasteiger partial charge < -0.3 is 9.47 Å². The Morgan fingerprint density at radius 1 is 0.700 bits per heavy atom. The zero-order valence-electron chi connectivity index (χ0n) is 19.5. The average molecular weight is 415 g/mol. The van der Waals surface area contributed by atoms with E-state index in [0.29, 0.717) is 23.0 Å². The van der Waals surface area contributed by atoms with Gasteiger partial charge in [0.2, 0.25) is 0 Å². The Bertz CT molecular complexity index is 697. The molecule has 1 aromatic carbocycles. The first-order valence-electron chi connectivity index (χ1n) is 11.4. The molecule has 30 heavy (non-hydrogen) atoms. The van der Waals surface area contributed by atoms with Crippen molar-refractivity contribution in [2.45, 2.75) is 92.3 Å². The SMILES string of the molecule is C[C@H]1C[C@H](OC(=O)c2ccc(C(=O)O[C@H]3C[C@H](C)CC(C)(C)C3)cc2)CC(C)(C)C1. The van der Waals surface area contributed by atoms with E-state index >= 15 is 0 Å². The molecule has 0 saturated heterocycles.